The smallest absolute Gasteiger partial charge is 0.218 e. The fourth-order valence-electron chi connectivity index (χ4n) is 7.86. The number of rotatable bonds is 4. The molecule has 5 aliphatic rings. The number of ether oxygens (including phenoxy) is 2. The molecule has 0 aromatic rings. The highest BCUT2D eigenvalue weighted by Crippen LogP contribution is 2.73. The number of aliphatic imine (C=N–C) groups is 1. The lowest BCUT2D eigenvalue weighted by Crippen LogP contribution is -2.66. The molecule has 8 atom stereocenters. The van der Waals surface area contributed by atoms with Gasteiger partial charge in [-0.05, 0) is 75.4 Å². The molecule has 2 unspecified atom stereocenters. The third-order valence-corrected chi connectivity index (χ3v) is 11.7. The second kappa shape index (κ2) is 8.58. The maximum absolute atomic E-state index is 14.8. The predicted octanol–water partition coefficient (Wildman–Crippen LogP) is 6.43. The van der Waals surface area contributed by atoms with E-state index in [1.165, 1.54) is 0 Å². The van der Waals surface area contributed by atoms with E-state index in [0.717, 1.165) is 17.6 Å². The van der Waals surface area contributed by atoms with E-state index in [1.54, 1.807) is 31.8 Å². The van der Waals surface area contributed by atoms with E-state index in [2.05, 4.69) is 38.4 Å². The first-order valence-electron chi connectivity index (χ1n) is 13.3. The zero-order valence-electron chi connectivity index (χ0n) is 23.2. The molecule has 4 aliphatic carbocycles. The van der Waals surface area contributed by atoms with E-state index in [0.29, 0.717) is 29.0 Å². The molecule has 1 saturated heterocycles. The summed E-state index contributed by atoms with van der Waals surface area (Å²) in [5, 5.41) is 13.2. The van der Waals surface area contributed by atoms with Crippen LogP contribution in [0, 0.1) is 34.5 Å². The summed E-state index contributed by atoms with van der Waals surface area (Å²) in [6, 6.07) is 0. The van der Waals surface area contributed by atoms with Gasteiger partial charge in [-0.1, -0.05) is 51.1 Å². The summed E-state index contributed by atoms with van der Waals surface area (Å²) >= 11 is 7.85. The van der Waals surface area contributed by atoms with Crippen molar-refractivity contribution in [1.29, 1.82) is 0 Å². The number of aliphatic hydroxyl groups is 1. The van der Waals surface area contributed by atoms with E-state index >= 15 is 0 Å². The van der Waals surface area contributed by atoms with Crippen molar-refractivity contribution in [2.45, 2.75) is 83.7 Å². The largest absolute Gasteiger partial charge is 0.466 e. The van der Waals surface area contributed by atoms with Gasteiger partial charge in [0.05, 0.1) is 17.3 Å². The SMILES string of the molecule is C=C(Cl)/C(C)=C(\N=C/C)O[C@H]1C(C)=C[C@]23C(=O)[C@@H](C=C4COC(C)(C)S[C@H]4[C@]12O)C1C(C[C@H]3C)C1(C)C. The van der Waals surface area contributed by atoms with Gasteiger partial charge < -0.3 is 14.6 Å². The fourth-order valence-corrected chi connectivity index (χ4v) is 9.43. The minimum Gasteiger partial charge on any atom is -0.466 e. The lowest BCUT2D eigenvalue weighted by Gasteiger charge is -2.53. The third kappa shape index (κ3) is 3.65. The molecule has 2 saturated carbocycles. The first kappa shape index (κ1) is 27.2. The van der Waals surface area contributed by atoms with Crippen LogP contribution in [0.2, 0.25) is 0 Å². The van der Waals surface area contributed by atoms with E-state index in [9.17, 15) is 9.90 Å². The van der Waals surface area contributed by atoms with Gasteiger partial charge in [-0.3, -0.25) is 4.79 Å². The number of nitrogens with zero attached hydrogens (tertiary/aromatic N) is 1. The molecule has 202 valence electrons. The van der Waals surface area contributed by atoms with Crippen molar-refractivity contribution in [2.75, 3.05) is 6.61 Å². The van der Waals surface area contributed by atoms with E-state index < -0.39 is 22.1 Å². The molecule has 1 aliphatic heterocycles. The second-order valence-corrected chi connectivity index (χ2v) is 14.9. The van der Waals surface area contributed by atoms with Crippen molar-refractivity contribution in [2.24, 2.45) is 39.5 Å². The Kier molecular flexibility index (Phi) is 6.31. The Morgan fingerprint density at radius 3 is 2.65 bits per heavy atom. The van der Waals surface area contributed by atoms with Gasteiger partial charge in [-0.15, -0.1) is 11.8 Å². The molecule has 37 heavy (non-hydrogen) atoms. The number of fused-ring (bicyclic) bond motifs is 5. The quantitative estimate of drug-likeness (QED) is 0.191. The van der Waals surface area contributed by atoms with Gasteiger partial charge in [0.2, 0.25) is 5.88 Å². The van der Waals surface area contributed by atoms with Crippen molar-refractivity contribution in [3.63, 3.8) is 0 Å². The van der Waals surface area contributed by atoms with E-state index in [-0.39, 0.29) is 34.2 Å². The van der Waals surface area contributed by atoms with Crippen molar-refractivity contribution in [3.8, 4) is 0 Å². The number of hydrogen-bond donors (Lipinski definition) is 1. The molecular weight excluding hydrogens is 506 g/mol. The highest BCUT2D eigenvalue weighted by molar-refractivity contribution is 8.01. The summed E-state index contributed by atoms with van der Waals surface area (Å²) in [4.78, 5) is 18.7. The minimum atomic E-state index is -1.52. The molecule has 1 heterocycles. The fraction of sp³-hybridized carbons (Fsp3) is 0.667. The third-order valence-electron chi connectivity index (χ3n) is 9.87. The van der Waals surface area contributed by atoms with Gasteiger partial charge in [0.1, 0.15) is 10.5 Å². The monoisotopic (exact) mass is 545 g/mol. The molecule has 0 aromatic carbocycles. The summed E-state index contributed by atoms with van der Waals surface area (Å²) in [6.45, 7) is 20.6. The van der Waals surface area contributed by atoms with E-state index in [1.807, 2.05) is 26.8 Å². The van der Waals surface area contributed by atoms with Crippen molar-refractivity contribution < 1.29 is 19.4 Å². The van der Waals surface area contributed by atoms with Crippen LogP contribution in [-0.4, -0.2) is 45.6 Å². The maximum Gasteiger partial charge on any atom is 0.218 e. The zero-order chi connectivity index (χ0) is 27.3. The number of carbonyl (C=O) groups excluding carboxylic acids is 1. The Hall–Kier alpha value is -1.34. The van der Waals surface area contributed by atoms with Crippen LogP contribution in [0.4, 0.5) is 0 Å². The summed E-state index contributed by atoms with van der Waals surface area (Å²) < 4.78 is 12.8. The Morgan fingerprint density at radius 1 is 1.35 bits per heavy atom. The number of carbonyl (C=O) groups is 1. The van der Waals surface area contributed by atoms with Crippen LogP contribution in [0.15, 0.2) is 51.4 Å². The highest BCUT2D eigenvalue weighted by Gasteiger charge is 2.77. The van der Waals surface area contributed by atoms with Crippen LogP contribution >= 0.6 is 23.4 Å². The lowest BCUT2D eigenvalue weighted by atomic mass is 9.59. The first-order valence-corrected chi connectivity index (χ1v) is 14.6. The molecule has 0 radical (unpaired) electrons. The molecule has 1 N–H and O–H groups in total. The van der Waals surface area contributed by atoms with Crippen molar-refractivity contribution >= 4 is 35.4 Å². The Morgan fingerprint density at radius 2 is 2.03 bits per heavy atom. The van der Waals surface area contributed by atoms with Crippen LogP contribution in [0.3, 0.4) is 0 Å². The number of allylic oxidation sites excluding steroid dienone is 3. The summed E-state index contributed by atoms with van der Waals surface area (Å²) in [5.74, 6) is 0.835. The molecule has 3 fully saturated rings. The molecule has 7 heteroatoms. The van der Waals surface area contributed by atoms with Gasteiger partial charge >= 0.3 is 0 Å². The molecule has 5 nitrogen and oxygen atoms in total. The van der Waals surface area contributed by atoms with Gasteiger partial charge in [0.25, 0.3) is 0 Å². The molecule has 0 amide bonds. The molecular formula is C30H40ClNO4S. The Bertz CT molecular complexity index is 1180. The van der Waals surface area contributed by atoms with Crippen LogP contribution < -0.4 is 0 Å². The van der Waals surface area contributed by atoms with Crippen LogP contribution in [-0.2, 0) is 14.3 Å². The van der Waals surface area contributed by atoms with Gasteiger partial charge in [0, 0.05) is 22.7 Å². The van der Waals surface area contributed by atoms with Gasteiger partial charge in [-0.2, -0.15) is 0 Å². The van der Waals surface area contributed by atoms with Crippen molar-refractivity contribution in [1.82, 2.24) is 0 Å². The number of ketones is 1. The van der Waals surface area contributed by atoms with E-state index in [4.69, 9.17) is 21.1 Å². The number of Topliss-reactive ketones (excluding diaryl/α,β-unsaturated/α-hetero) is 1. The Labute approximate surface area is 230 Å². The van der Waals surface area contributed by atoms with Crippen LogP contribution in [0.5, 0.6) is 0 Å². The average Bonchev–Trinajstić information content (AvgIpc) is 3.30. The molecule has 1 spiro atoms. The second-order valence-electron chi connectivity index (χ2n) is 12.7. The maximum atomic E-state index is 14.8. The summed E-state index contributed by atoms with van der Waals surface area (Å²) in [5.41, 5.74) is -0.0663. The molecule has 0 aromatic heterocycles. The van der Waals surface area contributed by atoms with Gasteiger partial charge in [-0.25, -0.2) is 4.99 Å². The zero-order valence-corrected chi connectivity index (χ0v) is 24.8. The summed E-state index contributed by atoms with van der Waals surface area (Å²) in [7, 11) is 0. The highest BCUT2D eigenvalue weighted by atomic mass is 35.5. The number of hydrogen-bond acceptors (Lipinski definition) is 6. The number of thioether (sulfide) groups is 1. The van der Waals surface area contributed by atoms with Gasteiger partial charge in [0.15, 0.2) is 11.9 Å². The number of halogens is 1. The predicted molar refractivity (Wildman–Crippen MR) is 150 cm³/mol. The normalized spacial score (nSPS) is 43.9. The minimum absolute atomic E-state index is 0.0571. The lowest BCUT2D eigenvalue weighted by molar-refractivity contribution is -0.164. The standard InChI is InChI=1S/C30H40ClNO4S/c1-10-32-26(17(4)18(5)31)36-24-15(2)13-29-16(3)11-21-22(27(21,6)7)20(23(29)33)12-19-14-35-28(8,9)37-25(19)30(24,29)34/h10,12-13,16,20-22,24-25,34H,5,11,14H2,1-4,6-9H3/b26-17+,32-10-/t16-,20+,21?,22?,24+,25-,29+,30-/m1/s1. The van der Waals surface area contributed by atoms with Crippen molar-refractivity contribution in [3.05, 3.63) is 46.4 Å². The van der Waals surface area contributed by atoms with Crippen LogP contribution in [0.25, 0.3) is 0 Å². The summed E-state index contributed by atoms with van der Waals surface area (Å²) in [6.07, 6.45) is 5.96. The molecule has 5 rings (SSSR count). The molecule has 2 bridgehead atoms. The van der Waals surface area contributed by atoms with Crippen LogP contribution in [0.1, 0.15) is 61.8 Å². The Balaban J connectivity index is 1.74. The average molecular weight is 546 g/mol. The first-order chi connectivity index (χ1) is 17.1. The topological polar surface area (TPSA) is 68.1 Å².